The Kier molecular flexibility index (Phi) is 2.67. The van der Waals surface area contributed by atoms with E-state index in [0.29, 0.717) is 16.1 Å². The summed E-state index contributed by atoms with van der Waals surface area (Å²) < 4.78 is 13.0. The van der Waals surface area contributed by atoms with E-state index >= 15 is 0 Å². The number of benzene rings is 1. The lowest BCUT2D eigenvalue weighted by Crippen LogP contribution is -1.90. The van der Waals surface area contributed by atoms with Gasteiger partial charge in [0.2, 0.25) is 0 Å². The van der Waals surface area contributed by atoms with E-state index in [1.165, 1.54) is 12.1 Å². The highest BCUT2D eigenvalue weighted by molar-refractivity contribution is 6.31. The Morgan fingerprint density at radius 1 is 1.58 bits per heavy atom. The molecule has 0 aromatic heterocycles. The van der Waals surface area contributed by atoms with Crippen molar-refractivity contribution in [2.45, 2.75) is 13.3 Å². The zero-order valence-electron chi connectivity index (χ0n) is 6.56. The Morgan fingerprint density at radius 2 is 2.25 bits per heavy atom. The molecule has 0 heterocycles. The third-order valence-corrected chi connectivity index (χ3v) is 2.00. The maximum absolute atomic E-state index is 13.0. The van der Waals surface area contributed by atoms with E-state index in [0.717, 1.165) is 0 Å². The SMILES string of the molecule is Cc1cc(F)c(CC#N)cc1Cl. The summed E-state index contributed by atoms with van der Waals surface area (Å²) in [6.45, 7) is 1.72. The van der Waals surface area contributed by atoms with Gasteiger partial charge in [-0.25, -0.2) is 4.39 Å². The van der Waals surface area contributed by atoms with Crippen molar-refractivity contribution in [3.05, 3.63) is 34.1 Å². The van der Waals surface area contributed by atoms with Gasteiger partial charge in [0.15, 0.2) is 0 Å². The van der Waals surface area contributed by atoms with Gasteiger partial charge in [0.25, 0.3) is 0 Å². The molecule has 1 rings (SSSR count). The Balaban J connectivity index is 3.16. The van der Waals surface area contributed by atoms with E-state index in [4.69, 9.17) is 16.9 Å². The monoisotopic (exact) mass is 183 g/mol. The molecule has 3 heteroatoms. The predicted molar refractivity (Wildman–Crippen MR) is 45.5 cm³/mol. The molecule has 0 bridgehead atoms. The minimum absolute atomic E-state index is 0.0613. The lowest BCUT2D eigenvalue weighted by Gasteiger charge is -2.01. The highest BCUT2D eigenvalue weighted by atomic mass is 35.5. The van der Waals surface area contributed by atoms with Crippen molar-refractivity contribution in [3.8, 4) is 6.07 Å². The van der Waals surface area contributed by atoms with Crippen LogP contribution in [0.4, 0.5) is 4.39 Å². The Morgan fingerprint density at radius 3 is 2.83 bits per heavy atom. The Labute approximate surface area is 75.4 Å². The molecular formula is C9H7ClFN. The van der Waals surface area contributed by atoms with Crippen LogP contribution in [-0.4, -0.2) is 0 Å². The molecule has 0 aliphatic rings. The van der Waals surface area contributed by atoms with Crippen molar-refractivity contribution in [2.24, 2.45) is 0 Å². The van der Waals surface area contributed by atoms with Gasteiger partial charge in [-0.05, 0) is 24.6 Å². The highest BCUT2D eigenvalue weighted by Gasteiger charge is 2.04. The van der Waals surface area contributed by atoms with Crippen LogP contribution in [0.1, 0.15) is 11.1 Å². The normalized spacial score (nSPS) is 9.50. The topological polar surface area (TPSA) is 23.8 Å². The summed E-state index contributed by atoms with van der Waals surface area (Å²) in [7, 11) is 0. The molecule has 0 aliphatic carbocycles. The molecule has 0 unspecified atom stereocenters. The first-order chi connectivity index (χ1) is 5.65. The maximum atomic E-state index is 13.0. The van der Waals surface area contributed by atoms with E-state index in [9.17, 15) is 4.39 Å². The van der Waals surface area contributed by atoms with Crippen LogP contribution in [0.5, 0.6) is 0 Å². The first-order valence-corrected chi connectivity index (χ1v) is 3.84. The second-order valence-electron chi connectivity index (χ2n) is 2.53. The third-order valence-electron chi connectivity index (χ3n) is 1.60. The molecule has 1 aromatic carbocycles. The van der Waals surface area contributed by atoms with Crippen molar-refractivity contribution < 1.29 is 4.39 Å². The quantitative estimate of drug-likeness (QED) is 0.657. The number of nitriles is 1. The fourth-order valence-electron chi connectivity index (χ4n) is 0.908. The van der Waals surface area contributed by atoms with E-state index in [1.54, 1.807) is 6.92 Å². The average molecular weight is 184 g/mol. The van der Waals surface area contributed by atoms with Crippen LogP contribution in [0.15, 0.2) is 12.1 Å². The van der Waals surface area contributed by atoms with Crippen molar-refractivity contribution in [1.82, 2.24) is 0 Å². The molecule has 62 valence electrons. The smallest absolute Gasteiger partial charge is 0.127 e. The molecule has 0 atom stereocenters. The fraction of sp³-hybridized carbons (Fsp3) is 0.222. The summed E-state index contributed by atoms with van der Waals surface area (Å²) in [4.78, 5) is 0. The molecule has 0 N–H and O–H groups in total. The first-order valence-electron chi connectivity index (χ1n) is 3.46. The summed E-state index contributed by atoms with van der Waals surface area (Å²) in [6, 6.07) is 4.71. The second-order valence-corrected chi connectivity index (χ2v) is 2.93. The van der Waals surface area contributed by atoms with Crippen molar-refractivity contribution in [2.75, 3.05) is 0 Å². The van der Waals surface area contributed by atoms with Gasteiger partial charge in [-0.2, -0.15) is 5.26 Å². The van der Waals surface area contributed by atoms with Gasteiger partial charge in [0.05, 0.1) is 12.5 Å². The van der Waals surface area contributed by atoms with Crippen LogP contribution in [0.25, 0.3) is 0 Å². The number of halogens is 2. The summed E-state index contributed by atoms with van der Waals surface area (Å²) in [5.41, 5.74) is 1.05. The number of aryl methyl sites for hydroxylation is 1. The molecule has 0 fully saturated rings. The van der Waals surface area contributed by atoms with E-state index < -0.39 is 0 Å². The van der Waals surface area contributed by atoms with Crippen molar-refractivity contribution in [1.29, 1.82) is 5.26 Å². The maximum Gasteiger partial charge on any atom is 0.127 e. The average Bonchev–Trinajstić information content (AvgIpc) is 2.01. The molecule has 0 spiro atoms. The van der Waals surface area contributed by atoms with E-state index in [-0.39, 0.29) is 12.2 Å². The van der Waals surface area contributed by atoms with Crippen LogP contribution in [0.2, 0.25) is 5.02 Å². The summed E-state index contributed by atoms with van der Waals surface area (Å²) in [6.07, 6.45) is 0.0613. The van der Waals surface area contributed by atoms with Crippen molar-refractivity contribution in [3.63, 3.8) is 0 Å². The number of hydrogen-bond acceptors (Lipinski definition) is 1. The molecule has 0 amide bonds. The van der Waals surface area contributed by atoms with Crippen LogP contribution < -0.4 is 0 Å². The summed E-state index contributed by atoms with van der Waals surface area (Å²) in [5, 5.41) is 8.85. The second kappa shape index (κ2) is 3.55. The van der Waals surface area contributed by atoms with Gasteiger partial charge in [-0.15, -0.1) is 0 Å². The van der Waals surface area contributed by atoms with E-state index in [1.807, 2.05) is 6.07 Å². The predicted octanol–water partition coefficient (Wildman–Crippen LogP) is 2.85. The number of nitrogens with zero attached hydrogens (tertiary/aromatic N) is 1. The van der Waals surface area contributed by atoms with Gasteiger partial charge >= 0.3 is 0 Å². The van der Waals surface area contributed by atoms with Crippen LogP contribution in [-0.2, 0) is 6.42 Å². The molecular weight excluding hydrogens is 177 g/mol. The minimum atomic E-state index is -0.363. The van der Waals surface area contributed by atoms with E-state index in [2.05, 4.69) is 0 Å². The van der Waals surface area contributed by atoms with Crippen molar-refractivity contribution >= 4 is 11.6 Å². The zero-order chi connectivity index (χ0) is 9.14. The number of rotatable bonds is 1. The summed E-state index contributed by atoms with van der Waals surface area (Å²) in [5.74, 6) is -0.363. The minimum Gasteiger partial charge on any atom is -0.207 e. The fourth-order valence-corrected chi connectivity index (χ4v) is 1.09. The Bertz CT molecular complexity index is 341. The number of hydrogen-bond donors (Lipinski definition) is 0. The zero-order valence-corrected chi connectivity index (χ0v) is 7.32. The molecule has 12 heavy (non-hydrogen) atoms. The lowest BCUT2D eigenvalue weighted by atomic mass is 10.1. The lowest BCUT2D eigenvalue weighted by molar-refractivity contribution is 0.614. The molecule has 0 saturated heterocycles. The van der Waals surface area contributed by atoms with Crippen LogP contribution in [0.3, 0.4) is 0 Å². The first kappa shape index (κ1) is 9.02. The van der Waals surface area contributed by atoms with Gasteiger partial charge in [0, 0.05) is 10.6 Å². The Hall–Kier alpha value is -1.07. The molecule has 1 aromatic rings. The van der Waals surface area contributed by atoms with Crippen LogP contribution >= 0.6 is 11.6 Å². The molecule has 0 radical (unpaired) electrons. The third kappa shape index (κ3) is 1.75. The molecule has 0 saturated carbocycles. The van der Waals surface area contributed by atoms with Gasteiger partial charge in [-0.1, -0.05) is 11.6 Å². The van der Waals surface area contributed by atoms with Crippen LogP contribution in [0, 0.1) is 24.1 Å². The standard InChI is InChI=1S/C9H7ClFN/c1-6-4-9(11)7(2-3-12)5-8(6)10/h4-5H,2H2,1H3. The molecule has 1 nitrogen and oxygen atoms in total. The largest absolute Gasteiger partial charge is 0.207 e. The van der Waals surface area contributed by atoms with Gasteiger partial charge in [-0.3, -0.25) is 0 Å². The van der Waals surface area contributed by atoms with Gasteiger partial charge < -0.3 is 0 Å². The molecule has 0 aliphatic heterocycles. The summed E-state index contributed by atoms with van der Waals surface area (Å²) >= 11 is 5.75. The van der Waals surface area contributed by atoms with Gasteiger partial charge in [0.1, 0.15) is 5.82 Å². The highest BCUT2D eigenvalue weighted by Crippen LogP contribution is 2.19.